The Hall–Kier alpha value is -2.32. The number of aromatic nitrogens is 1. The van der Waals surface area contributed by atoms with Crippen molar-refractivity contribution in [2.24, 2.45) is 0 Å². The predicted molar refractivity (Wildman–Crippen MR) is 119 cm³/mol. The number of rotatable bonds is 6. The Morgan fingerprint density at radius 3 is 2.40 bits per heavy atom. The minimum atomic E-state index is -0.242. The molecule has 1 aromatic heterocycles. The van der Waals surface area contributed by atoms with E-state index in [4.69, 9.17) is 16.6 Å². The summed E-state index contributed by atoms with van der Waals surface area (Å²) < 4.78 is 13.1. The number of nitrogens with one attached hydrogen (secondary N) is 1. The van der Waals surface area contributed by atoms with Gasteiger partial charge in [0.15, 0.2) is 0 Å². The molecular formula is C22H22ClFN4OS. The molecule has 1 aliphatic heterocycles. The van der Waals surface area contributed by atoms with Crippen molar-refractivity contribution in [3.8, 4) is 11.3 Å². The maximum Gasteiger partial charge on any atom is 0.238 e. The molecule has 0 atom stereocenters. The summed E-state index contributed by atoms with van der Waals surface area (Å²) in [5, 5.41) is 6.61. The Morgan fingerprint density at radius 2 is 1.70 bits per heavy atom. The van der Waals surface area contributed by atoms with Crippen molar-refractivity contribution >= 4 is 34.5 Å². The molecule has 0 radical (unpaired) electrons. The molecule has 30 heavy (non-hydrogen) atoms. The normalized spacial score (nSPS) is 15.3. The van der Waals surface area contributed by atoms with Crippen molar-refractivity contribution in [3.05, 3.63) is 69.8 Å². The third kappa shape index (κ3) is 5.64. The molecule has 2 heterocycles. The van der Waals surface area contributed by atoms with Crippen molar-refractivity contribution in [3.63, 3.8) is 0 Å². The first-order valence-electron chi connectivity index (χ1n) is 9.76. The SMILES string of the molecule is O=C(CN1CCN(Cc2nc(-c3ccc(F)cc3)cs2)CC1)Nc1ccc(Cl)cc1. The Bertz CT molecular complexity index is 985. The Kier molecular flexibility index (Phi) is 6.74. The van der Waals surface area contributed by atoms with Gasteiger partial charge < -0.3 is 5.32 Å². The van der Waals surface area contributed by atoms with Gasteiger partial charge in [0.2, 0.25) is 5.91 Å². The molecule has 0 saturated carbocycles. The summed E-state index contributed by atoms with van der Waals surface area (Å²) >= 11 is 7.49. The van der Waals surface area contributed by atoms with E-state index in [1.807, 2.05) is 5.38 Å². The Balaban J connectivity index is 1.23. The van der Waals surface area contributed by atoms with Crippen molar-refractivity contribution in [2.45, 2.75) is 6.54 Å². The Labute approximate surface area is 184 Å². The van der Waals surface area contributed by atoms with Crippen LogP contribution in [0.1, 0.15) is 5.01 Å². The standard InChI is InChI=1S/C22H22ClFN4OS/c23-17-3-7-19(8-4-17)25-21(29)13-27-9-11-28(12-10-27)14-22-26-20(15-30-22)16-1-5-18(24)6-2-16/h1-8,15H,9-14H2,(H,25,29). The van der Waals surface area contributed by atoms with Crippen molar-refractivity contribution in [1.82, 2.24) is 14.8 Å². The average Bonchev–Trinajstić information content (AvgIpc) is 3.20. The lowest BCUT2D eigenvalue weighted by Gasteiger charge is -2.33. The first-order chi connectivity index (χ1) is 14.5. The summed E-state index contributed by atoms with van der Waals surface area (Å²) in [6.45, 7) is 4.62. The van der Waals surface area contributed by atoms with Gasteiger partial charge >= 0.3 is 0 Å². The highest BCUT2D eigenvalue weighted by molar-refractivity contribution is 7.09. The summed E-state index contributed by atoms with van der Waals surface area (Å²) in [5.74, 6) is -0.261. The van der Waals surface area contributed by atoms with Crippen LogP contribution in [0, 0.1) is 5.82 Å². The highest BCUT2D eigenvalue weighted by atomic mass is 35.5. The van der Waals surface area contributed by atoms with Crippen LogP contribution in [0.4, 0.5) is 10.1 Å². The number of thiazole rings is 1. The number of hydrogen-bond acceptors (Lipinski definition) is 5. The fourth-order valence-corrected chi connectivity index (χ4v) is 4.34. The zero-order valence-corrected chi connectivity index (χ0v) is 17.9. The number of carbonyl (C=O) groups is 1. The van der Waals surface area contributed by atoms with Crippen LogP contribution in [0.2, 0.25) is 5.02 Å². The molecule has 5 nitrogen and oxygen atoms in total. The van der Waals surface area contributed by atoms with E-state index < -0.39 is 0 Å². The van der Waals surface area contributed by atoms with E-state index in [9.17, 15) is 9.18 Å². The molecule has 1 amide bonds. The van der Waals surface area contributed by atoms with Gasteiger partial charge in [0.05, 0.1) is 18.8 Å². The van der Waals surface area contributed by atoms with Gasteiger partial charge in [-0.1, -0.05) is 11.6 Å². The zero-order chi connectivity index (χ0) is 20.9. The van der Waals surface area contributed by atoms with Crippen molar-refractivity contribution < 1.29 is 9.18 Å². The monoisotopic (exact) mass is 444 g/mol. The molecule has 1 N–H and O–H groups in total. The molecule has 1 saturated heterocycles. The maximum absolute atomic E-state index is 13.1. The first kappa shape index (κ1) is 20.9. The molecular weight excluding hydrogens is 423 g/mol. The molecule has 0 spiro atoms. The fourth-order valence-electron chi connectivity index (χ4n) is 3.37. The molecule has 3 aromatic rings. The quantitative estimate of drug-likeness (QED) is 0.613. The molecule has 156 valence electrons. The van der Waals surface area contributed by atoms with E-state index in [0.29, 0.717) is 11.6 Å². The van der Waals surface area contributed by atoms with Gasteiger partial charge in [0, 0.05) is 47.8 Å². The number of hydrogen-bond donors (Lipinski definition) is 1. The largest absolute Gasteiger partial charge is 0.325 e. The second-order valence-electron chi connectivity index (χ2n) is 7.24. The number of carbonyl (C=O) groups excluding carboxylic acids is 1. The lowest BCUT2D eigenvalue weighted by atomic mass is 10.2. The Morgan fingerprint density at radius 1 is 1.03 bits per heavy atom. The predicted octanol–water partition coefficient (Wildman–Crippen LogP) is 4.36. The molecule has 0 aliphatic carbocycles. The van der Waals surface area contributed by atoms with Gasteiger partial charge in [-0.25, -0.2) is 9.37 Å². The summed E-state index contributed by atoms with van der Waals surface area (Å²) in [6, 6.07) is 13.5. The van der Waals surface area contributed by atoms with E-state index in [-0.39, 0.29) is 11.7 Å². The van der Waals surface area contributed by atoms with Gasteiger partial charge in [-0.2, -0.15) is 0 Å². The van der Waals surface area contributed by atoms with Gasteiger partial charge in [-0.05, 0) is 48.5 Å². The third-order valence-corrected chi connectivity index (χ3v) is 6.10. The molecule has 4 rings (SSSR count). The number of benzene rings is 2. The van der Waals surface area contributed by atoms with E-state index in [0.717, 1.165) is 54.7 Å². The number of amides is 1. The van der Waals surface area contributed by atoms with Crippen molar-refractivity contribution in [1.29, 1.82) is 0 Å². The van der Waals surface area contributed by atoms with Crippen LogP contribution in [-0.4, -0.2) is 53.4 Å². The van der Waals surface area contributed by atoms with Crippen LogP contribution in [-0.2, 0) is 11.3 Å². The summed E-state index contributed by atoms with van der Waals surface area (Å²) in [6.07, 6.45) is 0. The molecule has 1 aliphatic rings. The zero-order valence-electron chi connectivity index (χ0n) is 16.4. The number of halogens is 2. The second-order valence-corrected chi connectivity index (χ2v) is 8.62. The smallest absolute Gasteiger partial charge is 0.238 e. The second kappa shape index (κ2) is 9.66. The van der Waals surface area contributed by atoms with Gasteiger partial charge in [0.25, 0.3) is 0 Å². The van der Waals surface area contributed by atoms with E-state index >= 15 is 0 Å². The molecule has 0 unspecified atom stereocenters. The maximum atomic E-state index is 13.1. The number of nitrogens with zero attached hydrogens (tertiary/aromatic N) is 3. The molecule has 1 fully saturated rings. The number of anilines is 1. The first-order valence-corrected chi connectivity index (χ1v) is 11.0. The van der Waals surface area contributed by atoms with E-state index in [2.05, 4.69) is 15.1 Å². The summed E-state index contributed by atoms with van der Waals surface area (Å²) in [5.41, 5.74) is 2.56. The lowest BCUT2D eigenvalue weighted by molar-refractivity contribution is -0.117. The minimum absolute atomic E-state index is 0.0189. The van der Waals surface area contributed by atoms with Gasteiger partial charge in [-0.3, -0.25) is 14.6 Å². The molecule has 2 aromatic carbocycles. The average molecular weight is 445 g/mol. The highest BCUT2D eigenvalue weighted by Gasteiger charge is 2.20. The topological polar surface area (TPSA) is 48.5 Å². The molecule has 8 heteroatoms. The van der Waals surface area contributed by atoms with Crippen LogP contribution in [0.3, 0.4) is 0 Å². The van der Waals surface area contributed by atoms with Crippen LogP contribution >= 0.6 is 22.9 Å². The molecule has 0 bridgehead atoms. The van der Waals surface area contributed by atoms with E-state index in [1.165, 1.54) is 12.1 Å². The number of piperazine rings is 1. The summed E-state index contributed by atoms with van der Waals surface area (Å²) in [4.78, 5) is 21.5. The van der Waals surface area contributed by atoms with Crippen LogP contribution < -0.4 is 5.32 Å². The van der Waals surface area contributed by atoms with Gasteiger partial charge in [-0.15, -0.1) is 11.3 Å². The fraction of sp³-hybridized carbons (Fsp3) is 0.273. The van der Waals surface area contributed by atoms with Crippen LogP contribution in [0.15, 0.2) is 53.9 Å². The third-order valence-electron chi connectivity index (χ3n) is 5.01. The van der Waals surface area contributed by atoms with Crippen molar-refractivity contribution in [2.75, 3.05) is 38.0 Å². The van der Waals surface area contributed by atoms with Gasteiger partial charge in [0.1, 0.15) is 10.8 Å². The van der Waals surface area contributed by atoms with Crippen LogP contribution in [0.5, 0.6) is 0 Å². The van der Waals surface area contributed by atoms with E-state index in [1.54, 1.807) is 47.7 Å². The summed E-state index contributed by atoms with van der Waals surface area (Å²) in [7, 11) is 0. The minimum Gasteiger partial charge on any atom is -0.325 e. The lowest BCUT2D eigenvalue weighted by Crippen LogP contribution is -2.48. The highest BCUT2D eigenvalue weighted by Crippen LogP contribution is 2.23. The van der Waals surface area contributed by atoms with Crippen LogP contribution in [0.25, 0.3) is 11.3 Å².